The number of carbonyl (C=O) groups is 2. The summed E-state index contributed by atoms with van der Waals surface area (Å²) in [6, 6.07) is 3.78. The third-order valence-electron chi connectivity index (χ3n) is 6.49. The summed E-state index contributed by atoms with van der Waals surface area (Å²) in [6.07, 6.45) is 8.58. The molecule has 11 heteroatoms. The summed E-state index contributed by atoms with van der Waals surface area (Å²) < 4.78 is 74.8. The molecule has 0 aliphatic heterocycles. The number of hydrogen-bond acceptors (Lipinski definition) is 4. The number of rotatable bonds is 6. The molecule has 0 N–H and O–H groups in total. The monoisotopic (exact) mass is 578 g/mol. The topological polar surface area (TPSA) is 59.1 Å². The molecular weight excluding hydrogens is 552 g/mol. The molecule has 0 radical (unpaired) electrons. The Hall–Kier alpha value is -3.63. The quantitative estimate of drug-likeness (QED) is 0.352. The Balaban J connectivity index is 2.10. The number of benzene rings is 2. The predicted molar refractivity (Wildman–Crippen MR) is 135 cm³/mol. The van der Waals surface area contributed by atoms with Crippen molar-refractivity contribution in [3.8, 4) is 11.5 Å². The Kier molecular flexibility index (Phi) is 8.18. The molecule has 2 aliphatic rings. The van der Waals surface area contributed by atoms with Crippen LogP contribution in [0.15, 0.2) is 68.5 Å². The van der Waals surface area contributed by atoms with E-state index >= 15 is 17.6 Å². The van der Waals surface area contributed by atoms with Crippen molar-refractivity contribution < 1.29 is 53.2 Å². The fourth-order valence-electron chi connectivity index (χ4n) is 4.71. The van der Waals surface area contributed by atoms with Gasteiger partial charge in [-0.1, -0.05) is 0 Å². The van der Waals surface area contributed by atoms with Gasteiger partial charge in [-0.15, -0.1) is 0 Å². The molecule has 2 aromatic carbocycles. The van der Waals surface area contributed by atoms with Gasteiger partial charge < -0.3 is 0 Å². The molecule has 6 nitrogen and oxygen atoms in total. The van der Waals surface area contributed by atoms with Crippen molar-refractivity contribution in [3.63, 3.8) is 0 Å². The summed E-state index contributed by atoms with van der Waals surface area (Å²) in [5.41, 5.74) is 0. The Morgan fingerprint density at radius 3 is 1.38 bits per heavy atom. The Bertz CT molecular complexity index is 1350. The number of halogens is 4. The summed E-state index contributed by atoms with van der Waals surface area (Å²) >= 11 is -5.17. The second-order valence-corrected chi connectivity index (χ2v) is 15.3. The zero-order valence-corrected chi connectivity index (χ0v) is 23.3. The van der Waals surface area contributed by atoms with Gasteiger partial charge in [0.05, 0.1) is 0 Å². The van der Waals surface area contributed by atoms with Gasteiger partial charge in [-0.2, -0.15) is 0 Å². The minimum absolute atomic E-state index is 0.193. The van der Waals surface area contributed by atoms with Crippen LogP contribution in [0.2, 0.25) is 0 Å². The van der Waals surface area contributed by atoms with Crippen LogP contribution in [-0.4, -0.2) is 50.2 Å². The minimum atomic E-state index is -5.17. The molecular formula is C28H26F4N2O4Ti. The molecule has 204 valence electrons. The SMILES string of the molecule is CN(C)C(=O)Oc1ccc(F)[c]([Ti]([C]2=CC=CC2)([C]2=CC=CC2)[c]2c(F)ccc(OC(=O)N(C)C)c2F)c1F. The van der Waals surface area contributed by atoms with E-state index in [9.17, 15) is 9.59 Å². The first-order valence-electron chi connectivity index (χ1n) is 12.0. The van der Waals surface area contributed by atoms with Crippen LogP contribution in [0, 0.1) is 23.3 Å². The maximum atomic E-state index is 16.4. The molecule has 0 spiro atoms. The van der Waals surface area contributed by atoms with E-state index in [2.05, 4.69) is 0 Å². The molecule has 4 rings (SSSR count). The average molecular weight is 578 g/mol. The molecule has 0 fully saturated rings. The molecule has 0 bridgehead atoms. The number of amides is 2. The molecule has 0 atom stereocenters. The predicted octanol–water partition coefficient (Wildman–Crippen LogP) is 5.16. The van der Waals surface area contributed by atoms with Crippen molar-refractivity contribution in [3.05, 3.63) is 91.7 Å². The van der Waals surface area contributed by atoms with E-state index < -0.39 is 71.3 Å². The van der Waals surface area contributed by atoms with Crippen molar-refractivity contribution in [1.29, 1.82) is 0 Å². The van der Waals surface area contributed by atoms with Crippen molar-refractivity contribution in [2.45, 2.75) is 12.8 Å². The molecule has 2 aromatic rings. The van der Waals surface area contributed by atoms with Gasteiger partial charge in [-0.25, -0.2) is 0 Å². The van der Waals surface area contributed by atoms with Gasteiger partial charge in [-0.3, -0.25) is 0 Å². The standard InChI is InChI=1S/2C9H8F2NO2.2C5H5.Ti/c2*1-12(2)9(13)14-8-4-3-6(10)5-7(8)11;2*1-2-4-5-3-1;/h2*3-4H,1-2H3;2*1-3H,4H2;. The van der Waals surface area contributed by atoms with E-state index in [4.69, 9.17) is 9.47 Å². The fourth-order valence-corrected chi connectivity index (χ4v) is 12.9. The normalized spacial score (nSPS) is 14.3. The van der Waals surface area contributed by atoms with E-state index in [1.54, 1.807) is 36.5 Å². The van der Waals surface area contributed by atoms with E-state index in [0.717, 1.165) is 34.1 Å². The van der Waals surface area contributed by atoms with Gasteiger partial charge in [0.1, 0.15) is 0 Å². The third kappa shape index (κ3) is 5.06. The first-order chi connectivity index (χ1) is 18.5. The van der Waals surface area contributed by atoms with Gasteiger partial charge in [0.2, 0.25) is 0 Å². The van der Waals surface area contributed by atoms with Crippen molar-refractivity contribution in [2.75, 3.05) is 28.2 Å². The second-order valence-electron chi connectivity index (χ2n) is 9.39. The molecule has 0 saturated heterocycles. The summed E-state index contributed by atoms with van der Waals surface area (Å²) in [4.78, 5) is 26.6. The number of ether oxygens (including phenoxy) is 2. The Morgan fingerprint density at radius 1 is 0.692 bits per heavy atom. The van der Waals surface area contributed by atoms with Gasteiger partial charge in [-0.05, 0) is 0 Å². The molecule has 0 saturated carbocycles. The van der Waals surface area contributed by atoms with E-state index in [0.29, 0.717) is 7.76 Å². The van der Waals surface area contributed by atoms with Gasteiger partial charge in [0, 0.05) is 0 Å². The van der Waals surface area contributed by atoms with Crippen LogP contribution in [0.5, 0.6) is 11.5 Å². The summed E-state index contributed by atoms with van der Waals surface area (Å²) in [5, 5.41) is 0. The third-order valence-corrected chi connectivity index (χ3v) is 14.4. The summed E-state index contributed by atoms with van der Waals surface area (Å²) in [5.74, 6) is -5.66. The maximum absolute atomic E-state index is 16.4. The van der Waals surface area contributed by atoms with Crippen LogP contribution < -0.4 is 17.2 Å². The van der Waals surface area contributed by atoms with Crippen molar-refractivity contribution in [2.24, 2.45) is 0 Å². The zero-order chi connectivity index (χ0) is 28.5. The number of nitrogens with zero attached hydrogens (tertiary/aromatic N) is 2. The Labute approximate surface area is 226 Å². The van der Waals surface area contributed by atoms with Gasteiger partial charge in [0.25, 0.3) is 0 Å². The first kappa shape index (κ1) is 28.4. The number of allylic oxidation sites excluding steroid dienone is 8. The van der Waals surface area contributed by atoms with Crippen LogP contribution in [0.4, 0.5) is 27.2 Å². The zero-order valence-electron chi connectivity index (χ0n) is 21.7. The molecule has 39 heavy (non-hydrogen) atoms. The van der Waals surface area contributed by atoms with Crippen LogP contribution in [0.3, 0.4) is 0 Å². The van der Waals surface area contributed by atoms with Gasteiger partial charge >= 0.3 is 227 Å². The Morgan fingerprint density at radius 2 is 1.08 bits per heavy atom. The average Bonchev–Trinajstić information content (AvgIpc) is 3.61. The van der Waals surface area contributed by atoms with Crippen molar-refractivity contribution >= 4 is 19.9 Å². The summed E-state index contributed by atoms with van der Waals surface area (Å²) in [6.45, 7) is 0. The number of carbonyl (C=O) groups excluding carboxylic acids is 2. The van der Waals surface area contributed by atoms with E-state index in [1.165, 1.54) is 28.2 Å². The molecule has 0 unspecified atom stereocenters. The molecule has 0 heterocycles. The first-order valence-corrected chi connectivity index (χ1v) is 15.1. The fraction of sp³-hybridized carbons (Fsp3) is 0.214. The number of hydrogen-bond donors (Lipinski definition) is 0. The molecule has 0 aromatic heterocycles. The van der Waals surface area contributed by atoms with Crippen LogP contribution in [0.1, 0.15) is 12.8 Å². The van der Waals surface area contributed by atoms with E-state index in [-0.39, 0.29) is 12.8 Å². The van der Waals surface area contributed by atoms with Crippen LogP contribution in [-0.2, 0) is 16.6 Å². The van der Waals surface area contributed by atoms with Crippen LogP contribution >= 0.6 is 0 Å². The molecule has 2 aliphatic carbocycles. The van der Waals surface area contributed by atoms with Gasteiger partial charge in [0.15, 0.2) is 0 Å². The summed E-state index contributed by atoms with van der Waals surface area (Å²) in [7, 11) is 5.56. The molecule has 2 amide bonds. The van der Waals surface area contributed by atoms with Crippen molar-refractivity contribution in [1.82, 2.24) is 9.80 Å². The van der Waals surface area contributed by atoms with Crippen LogP contribution in [0.25, 0.3) is 0 Å². The van der Waals surface area contributed by atoms with E-state index in [1.807, 2.05) is 0 Å². The second kappa shape index (κ2) is 11.2.